The molecule has 0 fully saturated rings. The number of hydrogen-bond acceptors (Lipinski definition) is 3. The lowest BCUT2D eigenvalue weighted by Gasteiger charge is -2.15. The molecule has 0 radical (unpaired) electrons. The third-order valence-electron chi connectivity index (χ3n) is 3.79. The Morgan fingerprint density at radius 2 is 1.78 bits per heavy atom. The van der Waals surface area contributed by atoms with E-state index in [1.54, 1.807) is 14.2 Å². The van der Waals surface area contributed by atoms with Gasteiger partial charge in [0.25, 0.3) is 0 Å². The van der Waals surface area contributed by atoms with Gasteiger partial charge in [-0.15, -0.1) is 0 Å². The van der Waals surface area contributed by atoms with Crippen LogP contribution in [0.1, 0.15) is 18.1 Å². The minimum Gasteiger partial charge on any atom is -0.493 e. The van der Waals surface area contributed by atoms with E-state index in [1.807, 2.05) is 30.3 Å². The number of hydrogen-bond donors (Lipinski definition) is 1. The minimum atomic E-state index is 0.382. The van der Waals surface area contributed by atoms with Crippen LogP contribution in [0.25, 0.3) is 0 Å². The second kappa shape index (κ2) is 8.80. The normalized spacial score (nSPS) is 12.0. The molecule has 4 heteroatoms. The average molecular weight is 334 g/mol. The van der Waals surface area contributed by atoms with Gasteiger partial charge in [0.15, 0.2) is 11.5 Å². The lowest BCUT2D eigenvalue weighted by atomic mass is 10.1. The molecular weight excluding hydrogens is 310 g/mol. The maximum absolute atomic E-state index is 6.00. The molecule has 124 valence electrons. The van der Waals surface area contributed by atoms with Gasteiger partial charge < -0.3 is 14.8 Å². The van der Waals surface area contributed by atoms with Crippen molar-refractivity contribution >= 4 is 11.6 Å². The van der Waals surface area contributed by atoms with Crippen molar-refractivity contribution in [3.05, 3.63) is 58.6 Å². The summed E-state index contributed by atoms with van der Waals surface area (Å²) in [6.07, 6.45) is 1.91. The summed E-state index contributed by atoms with van der Waals surface area (Å²) in [4.78, 5) is 0. The van der Waals surface area contributed by atoms with E-state index in [-0.39, 0.29) is 0 Å². The van der Waals surface area contributed by atoms with Crippen LogP contribution < -0.4 is 14.8 Å². The van der Waals surface area contributed by atoms with E-state index in [9.17, 15) is 0 Å². The van der Waals surface area contributed by atoms with Gasteiger partial charge in [-0.25, -0.2) is 0 Å². The summed E-state index contributed by atoms with van der Waals surface area (Å²) in [5.41, 5.74) is 2.48. The van der Waals surface area contributed by atoms with Crippen molar-refractivity contribution in [1.82, 2.24) is 5.32 Å². The summed E-state index contributed by atoms with van der Waals surface area (Å²) in [7, 11) is 3.31. The first kappa shape index (κ1) is 17.6. The largest absolute Gasteiger partial charge is 0.493 e. The van der Waals surface area contributed by atoms with E-state index in [0.29, 0.717) is 6.04 Å². The molecule has 0 spiro atoms. The molecule has 0 amide bonds. The van der Waals surface area contributed by atoms with Gasteiger partial charge in [-0.1, -0.05) is 29.8 Å². The SMILES string of the molecule is COc1ccc(C[C@@H](C)NCCc2cccc(Cl)c2)cc1OC. The molecule has 1 atom stereocenters. The zero-order chi connectivity index (χ0) is 16.7. The molecular formula is C19H24ClNO2. The Labute approximate surface area is 143 Å². The van der Waals surface area contributed by atoms with Crippen LogP contribution in [0.2, 0.25) is 5.02 Å². The van der Waals surface area contributed by atoms with Crippen LogP contribution >= 0.6 is 11.6 Å². The quantitative estimate of drug-likeness (QED) is 0.788. The topological polar surface area (TPSA) is 30.5 Å². The monoisotopic (exact) mass is 333 g/mol. The van der Waals surface area contributed by atoms with Crippen LogP contribution in [0.5, 0.6) is 11.5 Å². The molecule has 0 aliphatic carbocycles. The fourth-order valence-corrected chi connectivity index (χ4v) is 2.80. The number of halogens is 1. The Morgan fingerprint density at radius 3 is 2.48 bits per heavy atom. The molecule has 0 aromatic heterocycles. The highest BCUT2D eigenvalue weighted by Gasteiger charge is 2.08. The number of ether oxygens (including phenoxy) is 2. The van der Waals surface area contributed by atoms with Gasteiger partial charge in [0, 0.05) is 11.1 Å². The molecule has 2 aromatic carbocycles. The molecule has 0 unspecified atom stereocenters. The highest BCUT2D eigenvalue weighted by atomic mass is 35.5. The Hall–Kier alpha value is -1.71. The van der Waals surface area contributed by atoms with Crippen LogP contribution in [0.4, 0.5) is 0 Å². The van der Waals surface area contributed by atoms with E-state index in [1.165, 1.54) is 11.1 Å². The molecule has 0 bridgehead atoms. The smallest absolute Gasteiger partial charge is 0.160 e. The maximum Gasteiger partial charge on any atom is 0.160 e. The van der Waals surface area contributed by atoms with Crippen molar-refractivity contribution in [3.8, 4) is 11.5 Å². The lowest BCUT2D eigenvalue weighted by molar-refractivity contribution is 0.354. The van der Waals surface area contributed by atoms with Gasteiger partial charge in [0.1, 0.15) is 0 Å². The highest BCUT2D eigenvalue weighted by molar-refractivity contribution is 6.30. The van der Waals surface area contributed by atoms with Crippen LogP contribution in [-0.4, -0.2) is 26.8 Å². The Kier molecular flexibility index (Phi) is 6.75. The van der Waals surface area contributed by atoms with Crippen molar-refractivity contribution in [2.75, 3.05) is 20.8 Å². The van der Waals surface area contributed by atoms with E-state index >= 15 is 0 Å². The highest BCUT2D eigenvalue weighted by Crippen LogP contribution is 2.27. The molecule has 1 N–H and O–H groups in total. The predicted molar refractivity (Wildman–Crippen MR) is 95.9 cm³/mol. The number of nitrogens with one attached hydrogen (secondary N) is 1. The van der Waals surface area contributed by atoms with E-state index in [0.717, 1.165) is 35.9 Å². The Bertz CT molecular complexity index is 631. The summed E-state index contributed by atoms with van der Waals surface area (Å²) in [6, 6.07) is 14.5. The molecule has 23 heavy (non-hydrogen) atoms. The average Bonchev–Trinajstić information content (AvgIpc) is 2.54. The van der Waals surface area contributed by atoms with Crippen molar-refractivity contribution in [2.45, 2.75) is 25.8 Å². The predicted octanol–water partition coefficient (Wildman–Crippen LogP) is 4.12. The van der Waals surface area contributed by atoms with Gasteiger partial charge in [0.2, 0.25) is 0 Å². The molecule has 2 rings (SSSR count). The number of methoxy groups -OCH3 is 2. The molecule has 0 aliphatic heterocycles. The molecule has 0 saturated carbocycles. The third kappa shape index (κ3) is 5.45. The van der Waals surface area contributed by atoms with Crippen LogP contribution in [0, 0.1) is 0 Å². The summed E-state index contributed by atoms with van der Waals surface area (Å²) in [6.45, 7) is 3.11. The second-order valence-corrected chi connectivity index (χ2v) is 6.06. The summed E-state index contributed by atoms with van der Waals surface area (Å²) >= 11 is 6.00. The first-order valence-corrected chi connectivity index (χ1v) is 8.19. The van der Waals surface area contributed by atoms with Crippen molar-refractivity contribution in [2.24, 2.45) is 0 Å². The van der Waals surface area contributed by atoms with Crippen LogP contribution in [-0.2, 0) is 12.8 Å². The van der Waals surface area contributed by atoms with Gasteiger partial charge >= 0.3 is 0 Å². The summed E-state index contributed by atoms with van der Waals surface area (Å²) in [5.74, 6) is 1.54. The molecule has 0 saturated heterocycles. The zero-order valence-corrected chi connectivity index (χ0v) is 14.7. The van der Waals surface area contributed by atoms with Crippen molar-refractivity contribution in [3.63, 3.8) is 0 Å². The van der Waals surface area contributed by atoms with Gasteiger partial charge in [-0.2, -0.15) is 0 Å². The first-order chi connectivity index (χ1) is 11.1. The Morgan fingerprint density at radius 1 is 1.00 bits per heavy atom. The fraction of sp³-hybridized carbons (Fsp3) is 0.368. The summed E-state index contributed by atoms with van der Waals surface area (Å²) < 4.78 is 10.6. The van der Waals surface area contributed by atoms with Gasteiger partial charge in [0.05, 0.1) is 14.2 Å². The molecule has 0 heterocycles. The lowest BCUT2D eigenvalue weighted by Crippen LogP contribution is -2.30. The fourth-order valence-electron chi connectivity index (χ4n) is 2.59. The summed E-state index contributed by atoms with van der Waals surface area (Å²) in [5, 5.41) is 4.34. The number of benzene rings is 2. The van der Waals surface area contributed by atoms with Gasteiger partial charge in [-0.05, 0) is 61.7 Å². The minimum absolute atomic E-state index is 0.382. The van der Waals surface area contributed by atoms with Gasteiger partial charge in [-0.3, -0.25) is 0 Å². The first-order valence-electron chi connectivity index (χ1n) is 7.81. The zero-order valence-electron chi connectivity index (χ0n) is 13.9. The van der Waals surface area contributed by atoms with Crippen molar-refractivity contribution < 1.29 is 9.47 Å². The molecule has 3 nitrogen and oxygen atoms in total. The second-order valence-electron chi connectivity index (χ2n) is 5.63. The van der Waals surface area contributed by atoms with Crippen LogP contribution in [0.15, 0.2) is 42.5 Å². The molecule has 2 aromatic rings. The van der Waals surface area contributed by atoms with E-state index in [2.05, 4.69) is 24.4 Å². The molecule has 0 aliphatic rings. The Balaban J connectivity index is 1.83. The van der Waals surface area contributed by atoms with Crippen LogP contribution in [0.3, 0.4) is 0 Å². The third-order valence-corrected chi connectivity index (χ3v) is 4.02. The maximum atomic E-state index is 6.00. The van der Waals surface area contributed by atoms with Crippen molar-refractivity contribution in [1.29, 1.82) is 0 Å². The van der Waals surface area contributed by atoms with E-state index < -0.39 is 0 Å². The standard InChI is InChI=1S/C19H24ClNO2/c1-14(21-10-9-15-5-4-6-17(20)12-15)11-16-7-8-18(22-2)19(13-16)23-3/h4-8,12-14,21H,9-11H2,1-3H3/t14-/m1/s1. The van der Waals surface area contributed by atoms with E-state index in [4.69, 9.17) is 21.1 Å². The number of rotatable bonds is 8.